The highest BCUT2D eigenvalue weighted by atomic mass is 19.3. The average molecular weight is 395 g/mol. The molecule has 0 saturated carbocycles. The number of benzene rings is 1. The van der Waals surface area contributed by atoms with Gasteiger partial charge in [0.2, 0.25) is 11.7 Å². The molecule has 4 rings (SSSR count). The highest BCUT2D eigenvalue weighted by molar-refractivity contribution is 5.60. The molecule has 152 valence electrons. The number of rotatable bonds is 6. The molecule has 1 atom stereocenters. The Labute approximate surface area is 161 Å². The molecule has 1 aromatic heterocycles. The number of hydrogen-bond acceptors (Lipinski definition) is 7. The molecular weight excluding hydrogens is 372 g/mol. The Bertz CT molecular complexity index is 808. The van der Waals surface area contributed by atoms with Crippen LogP contribution < -0.4 is 9.47 Å². The van der Waals surface area contributed by atoms with E-state index in [1.807, 2.05) is 0 Å². The number of aromatic nitrogens is 2. The lowest BCUT2D eigenvalue weighted by molar-refractivity contribution is -0.0512. The molecule has 0 amide bonds. The summed E-state index contributed by atoms with van der Waals surface area (Å²) < 4.78 is 45.6. The smallest absolute Gasteiger partial charge is 0.387 e. The minimum absolute atomic E-state index is 0.0398. The summed E-state index contributed by atoms with van der Waals surface area (Å²) >= 11 is 0. The van der Waals surface area contributed by atoms with Crippen molar-refractivity contribution in [3.05, 3.63) is 24.1 Å². The maximum absolute atomic E-state index is 12.5. The van der Waals surface area contributed by atoms with Gasteiger partial charge in [0.15, 0.2) is 11.5 Å². The summed E-state index contributed by atoms with van der Waals surface area (Å²) in [5.74, 6) is 1.05. The third kappa shape index (κ3) is 4.10. The lowest BCUT2D eigenvalue weighted by Crippen LogP contribution is -2.34. The Morgan fingerprint density at radius 3 is 2.93 bits per heavy atom. The predicted octanol–water partition coefficient (Wildman–Crippen LogP) is 3.35. The summed E-state index contributed by atoms with van der Waals surface area (Å²) in [7, 11) is 1.39. The van der Waals surface area contributed by atoms with Crippen molar-refractivity contribution in [2.75, 3.05) is 33.4 Å². The third-order valence-electron chi connectivity index (χ3n) is 5.39. The minimum Gasteiger partial charge on any atom is -0.493 e. The van der Waals surface area contributed by atoms with E-state index in [1.54, 1.807) is 12.1 Å². The average Bonchev–Trinajstić information content (AvgIpc) is 3.30. The summed E-state index contributed by atoms with van der Waals surface area (Å²) in [5, 5.41) is 4.02. The van der Waals surface area contributed by atoms with Gasteiger partial charge in [-0.25, -0.2) is 0 Å². The first kappa shape index (κ1) is 19.1. The number of alkyl halides is 2. The van der Waals surface area contributed by atoms with Gasteiger partial charge in [-0.3, -0.25) is 4.90 Å². The number of halogens is 2. The van der Waals surface area contributed by atoms with Crippen LogP contribution in [0, 0.1) is 5.41 Å². The Hall–Kier alpha value is -2.26. The van der Waals surface area contributed by atoms with Crippen LogP contribution in [0.1, 0.15) is 25.2 Å². The highest BCUT2D eigenvalue weighted by Gasteiger charge is 2.40. The summed E-state index contributed by atoms with van der Waals surface area (Å²) in [4.78, 5) is 6.76. The van der Waals surface area contributed by atoms with E-state index >= 15 is 0 Å². The van der Waals surface area contributed by atoms with Crippen molar-refractivity contribution in [2.45, 2.75) is 32.4 Å². The first-order valence-corrected chi connectivity index (χ1v) is 9.33. The first-order valence-electron chi connectivity index (χ1n) is 9.33. The lowest BCUT2D eigenvalue weighted by atomic mass is 9.82. The molecule has 0 aliphatic carbocycles. The Balaban J connectivity index is 1.43. The molecule has 2 saturated heterocycles. The van der Waals surface area contributed by atoms with Crippen LogP contribution in [-0.2, 0) is 11.3 Å². The Morgan fingerprint density at radius 2 is 2.18 bits per heavy atom. The molecule has 2 aliphatic heterocycles. The molecule has 1 aromatic carbocycles. The van der Waals surface area contributed by atoms with E-state index in [2.05, 4.69) is 19.8 Å². The summed E-state index contributed by atoms with van der Waals surface area (Å²) in [5.41, 5.74) is 0.863. The van der Waals surface area contributed by atoms with Gasteiger partial charge in [-0.15, -0.1) is 0 Å². The molecule has 0 N–H and O–H groups in total. The Morgan fingerprint density at radius 1 is 1.29 bits per heavy atom. The van der Waals surface area contributed by atoms with Crippen LogP contribution in [0.3, 0.4) is 0 Å². The van der Waals surface area contributed by atoms with E-state index in [4.69, 9.17) is 14.0 Å². The fraction of sp³-hybridized carbons (Fsp3) is 0.579. The van der Waals surface area contributed by atoms with E-state index in [0.29, 0.717) is 23.8 Å². The molecule has 2 fully saturated rings. The molecule has 9 heteroatoms. The number of methoxy groups -OCH3 is 1. The topological polar surface area (TPSA) is 69.9 Å². The van der Waals surface area contributed by atoms with Crippen LogP contribution in [0.5, 0.6) is 11.5 Å². The second kappa shape index (κ2) is 8.00. The van der Waals surface area contributed by atoms with Gasteiger partial charge in [0.1, 0.15) is 0 Å². The van der Waals surface area contributed by atoms with Gasteiger partial charge >= 0.3 is 6.61 Å². The SMILES string of the molecule is COc1cc(-c2noc(CN3CCC4(CCCOC4)C3)n2)ccc1OC(F)F. The van der Waals surface area contributed by atoms with Gasteiger partial charge in [-0.05, 0) is 44.0 Å². The van der Waals surface area contributed by atoms with Gasteiger partial charge in [0, 0.05) is 24.1 Å². The van der Waals surface area contributed by atoms with Crippen LogP contribution in [-0.4, -0.2) is 55.1 Å². The maximum atomic E-state index is 12.5. The molecule has 3 heterocycles. The van der Waals surface area contributed by atoms with E-state index in [9.17, 15) is 8.78 Å². The fourth-order valence-corrected chi connectivity index (χ4v) is 4.02. The summed E-state index contributed by atoms with van der Waals surface area (Å²) in [6.45, 7) is 1.30. The third-order valence-corrected chi connectivity index (χ3v) is 5.39. The van der Waals surface area contributed by atoms with Crippen molar-refractivity contribution < 1.29 is 27.5 Å². The van der Waals surface area contributed by atoms with E-state index in [0.717, 1.165) is 39.1 Å². The predicted molar refractivity (Wildman–Crippen MR) is 95.3 cm³/mol. The summed E-state index contributed by atoms with van der Waals surface area (Å²) in [6, 6.07) is 4.55. The Kier molecular flexibility index (Phi) is 5.45. The standard InChI is InChI=1S/C19H23F2N3O4/c1-25-15-9-13(3-4-14(15)27-18(20)21)17-22-16(28-23-17)10-24-7-6-19(11-24)5-2-8-26-12-19/h3-4,9,18H,2,5-8,10-12H2,1H3. The summed E-state index contributed by atoms with van der Waals surface area (Å²) in [6.07, 6.45) is 3.44. The normalized spacial score (nSPS) is 22.9. The maximum Gasteiger partial charge on any atom is 0.387 e. The first-order chi connectivity index (χ1) is 13.6. The van der Waals surface area contributed by atoms with Gasteiger partial charge < -0.3 is 18.7 Å². The zero-order valence-electron chi connectivity index (χ0n) is 15.7. The lowest BCUT2D eigenvalue weighted by Gasteiger charge is -2.33. The second-order valence-electron chi connectivity index (χ2n) is 7.37. The van der Waals surface area contributed by atoms with Gasteiger partial charge in [0.05, 0.1) is 20.3 Å². The molecule has 2 aromatic rings. The fourth-order valence-electron chi connectivity index (χ4n) is 4.02. The molecular formula is C19H23F2N3O4. The van der Waals surface area contributed by atoms with E-state index < -0.39 is 6.61 Å². The van der Waals surface area contributed by atoms with Crippen molar-refractivity contribution >= 4 is 0 Å². The van der Waals surface area contributed by atoms with Crippen molar-refractivity contribution in [1.29, 1.82) is 0 Å². The van der Waals surface area contributed by atoms with Crippen molar-refractivity contribution in [2.24, 2.45) is 5.41 Å². The molecule has 1 unspecified atom stereocenters. The van der Waals surface area contributed by atoms with Gasteiger partial charge in [0.25, 0.3) is 0 Å². The molecule has 28 heavy (non-hydrogen) atoms. The van der Waals surface area contributed by atoms with E-state index in [1.165, 1.54) is 19.6 Å². The number of nitrogens with zero attached hydrogens (tertiary/aromatic N) is 3. The molecule has 7 nitrogen and oxygen atoms in total. The zero-order chi connectivity index (χ0) is 19.6. The highest BCUT2D eigenvalue weighted by Crippen LogP contribution is 2.38. The minimum atomic E-state index is -2.92. The second-order valence-corrected chi connectivity index (χ2v) is 7.37. The van der Waals surface area contributed by atoms with Crippen LogP contribution in [0.25, 0.3) is 11.4 Å². The van der Waals surface area contributed by atoms with Crippen molar-refractivity contribution in [1.82, 2.24) is 15.0 Å². The van der Waals surface area contributed by atoms with Crippen LogP contribution in [0.15, 0.2) is 22.7 Å². The van der Waals surface area contributed by atoms with Gasteiger partial charge in [-0.1, -0.05) is 5.16 Å². The van der Waals surface area contributed by atoms with Crippen LogP contribution in [0.2, 0.25) is 0 Å². The number of hydrogen-bond donors (Lipinski definition) is 0. The van der Waals surface area contributed by atoms with Crippen LogP contribution >= 0.6 is 0 Å². The number of likely N-dealkylation sites (tertiary alicyclic amines) is 1. The quantitative estimate of drug-likeness (QED) is 0.743. The molecule has 2 aliphatic rings. The van der Waals surface area contributed by atoms with Crippen molar-refractivity contribution in [3.63, 3.8) is 0 Å². The van der Waals surface area contributed by atoms with Crippen molar-refractivity contribution in [3.8, 4) is 22.9 Å². The molecule has 1 spiro atoms. The van der Waals surface area contributed by atoms with Crippen LogP contribution in [0.4, 0.5) is 8.78 Å². The number of ether oxygens (including phenoxy) is 3. The molecule has 0 bridgehead atoms. The van der Waals surface area contributed by atoms with E-state index in [-0.39, 0.29) is 16.9 Å². The monoisotopic (exact) mass is 395 g/mol. The zero-order valence-corrected chi connectivity index (χ0v) is 15.7. The molecule has 0 radical (unpaired) electrons. The largest absolute Gasteiger partial charge is 0.493 e. The van der Waals surface area contributed by atoms with Gasteiger partial charge in [-0.2, -0.15) is 13.8 Å².